The van der Waals surface area contributed by atoms with Crippen molar-refractivity contribution in [3.63, 3.8) is 0 Å². The fraction of sp³-hybridized carbons (Fsp3) is 0.714. The normalized spacial score (nSPS) is 40.6. The van der Waals surface area contributed by atoms with Crippen molar-refractivity contribution in [2.45, 2.75) is 37.7 Å². The predicted octanol–water partition coefficient (Wildman–Crippen LogP) is 1.12. The molecule has 0 aromatic carbocycles. The molecule has 0 amide bonds. The van der Waals surface area contributed by atoms with Crippen LogP contribution in [0.5, 0.6) is 0 Å². The number of fused-ring (bicyclic) bond motifs is 1. The lowest BCUT2D eigenvalue weighted by Crippen LogP contribution is -2.41. The van der Waals surface area contributed by atoms with E-state index in [9.17, 15) is 18.0 Å². The van der Waals surface area contributed by atoms with Crippen molar-refractivity contribution < 1.29 is 26.9 Å². The van der Waals surface area contributed by atoms with Crippen molar-refractivity contribution in [3.05, 3.63) is 12.2 Å². The van der Waals surface area contributed by atoms with Gasteiger partial charge in [0.15, 0.2) is 0 Å². The SMILES string of the molecule is C=C(C)C(=O)SCC(=O)OC1C2CC3C1OS(=O)(=O)C3C2C. The van der Waals surface area contributed by atoms with Crippen LogP contribution in [0.2, 0.25) is 0 Å². The molecule has 2 bridgehead atoms. The molecule has 3 fully saturated rings. The number of hydrogen-bond donors (Lipinski definition) is 0. The molecule has 3 aliphatic rings. The van der Waals surface area contributed by atoms with Crippen LogP contribution in [0.3, 0.4) is 0 Å². The molecule has 122 valence electrons. The first-order valence-electron chi connectivity index (χ1n) is 7.16. The van der Waals surface area contributed by atoms with E-state index >= 15 is 0 Å². The van der Waals surface area contributed by atoms with Crippen LogP contribution in [0.1, 0.15) is 20.3 Å². The number of carbonyl (C=O) groups is 2. The molecule has 6 atom stereocenters. The lowest BCUT2D eigenvalue weighted by Gasteiger charge is -2.29. The van der Waals surface area contributed by atoms with Crippen molar-refractivity contribution in [1.29, 1.82) is 0 Å². The lowest BCUT2D eigenvalue weighted by molar-refractivity contribution is -0.153. The topological polar surface area (TPSA) is 86.7 Å². The van der Waals surface area contributed by atoms with Crippen LogP contribution in [-0.2, 0) is 28.6 Å². The molecule has 3 rings (SSSR count). The van der Waals surface area contributed by atoms with Gasteiger partial charge in [0, 0.05) is 11.8 Å². The minimum atomic E-state index is -3.55. The van der Waals surface area contributed by atoms with Gasteiger partial charge in [-0.2, -0.15) is 8.42 Å². The van der Waals surface area contributed by atoms with Gasteiger partial charge < -0.3 is 4.74 Å². The van der Waals surface area contributed by atoms with E-state index < -0.39 is 33.5 Å². The van der Waals surface area contributed by atoms with Gasteiger partial charge in [-0.05, 0) is 24.8 Å². The average Bonchev–Trinajstić information content (AvgIpc) is 2.98. The van der Waals surface area contributed by atoms with Crippen molar-refractivity contribution in [2.75, 3.05) is 5.75 Å². The fourth-order valence-electron chi connectivity index (χ4n) is 3.95. The van der Waals surface area contributed by atoms with E-state index in [1.807, 2.05) is 6.92 Å². The lowest BCUT2D eigenvalue weighted by atomic mass is 9.86. The first kappa shape index (κ1) is 16.0. The summed E-state index contributed by atoms with van der Waals surface area (Å²) in [5.74, 6) is -0.753. The van der Waals surface area contributed by atoms with Crippen LogP contribution in [0, 0.1) is 17.8 Å². The zero-order chi connectivity index (χ0) is 16.2. The van der Waals surface area contributed by atoms with E-state index in [2.05, 4.69) is 6.58 Å². The summed E-state index contributed by atoms with van der Waals surface area (Å²) in [6.45, 7) is 6.97. The Hall–Kier alpha value is -0.860. The second-order valence-corrected chi connectivity index (χ2v) is 8.92. The summed E-state index contributed by atoms with van der Waals surface area (Å²) < 4.78 is 34.6. The van der Waals surface area contributed by atoms with E-state index in [0.29, 0.717) is 12.0 Å². The summed E-state index contributed by atoms with van der Waals surface area (Å²) >= 11 is 0.844. The molecular formula is C14H18O6S2. The van der Waals surface area contributed by atoms with E-state index in [-0.39, 0.29) is 28.6 Å². The summed E-state index contributed by atoms with van der Waals surface area (Å²) in [4.78, 5) is 23.3. The Morgan fingerprint density at radius 1 is 1.36 bits per heavy atom. The van der Waals surface area contributed by atoms with E-state index in [1.54, 1.807) is 6.92 Å². The summed E-state index contributed by atoms with van der Waals surface area (Å²) in [6, 6.07) is 0. The molecule has 2 saturated carbocycles. The number of esters is 1. The maximum absolute atomic E-state index is 12.0. The molecule has 6 unspecified atom stereocenters. The van der Waals surface area contributed by atoms with Gasteiger partial charge in [-0.3, -0.25) is 13.8 Å². The number of thioether (sulfide) groups is 1. The highest BCUT2D eigenvalue weighted by Crippen LogP contribution is 2.58. The molecule has 6 nitrogen and oxygen atoms in total. The highest BCUT2D eigenvalue weighted by Gasteiger charge is 2.68. The van der Waals surface area contributed by atoms with Crippen molar-refractivity contribution in [2.24, 2.45) is 17.8 Å². The third-order valence-electron chi connectivity index (χ3n) is 4.84. The molecule has 1 saturated heterocycles. The highest BCUT2D eigenvalue weighted by molar-refractivity contribution is 8.14. The second kappa shape index (κ2) is 5.35. The quantitative estimate of drug-likeness (QED) is 0.428. The van der Waals surface area contributed by atoms with Gasteiger partial charge in [0.2, 0.25) is 5.12 Å². The van der Waals surface area contributed by atoms with E-state index in [1.165, 1.54) is 0 Å². The molecule has 0 aromatic rings. The monoisotopic (exact) mass is 346 g/mol. The van der Waals surface area contributed by atoms with Crippen molar-refractivity contribution in [1.82, 2.24) is 0 Å². The van der Waals surface area contributed by atoms with Crippen LogP contribution >= 0.6 is 11.8 Å². The molecule has 2 aliphatic carbocycles. The van der Waals surface area contributed by atoms with Crippen LogP contribution in [0.25, 0.3) is 0 Å². The third-order valence-corrected chi connectivity index (χ3v) is 7.77. The number of rotatable bonds is 4. The molecule has 8 heteroatoms. The first-order chi connectivity index (χ1) is 10.2. The number of carbonyl (C=O) groups excluding carboxylic acids is 2. The maximum Gasteiger partial charge on any atom is 0.316 e. The standard InChI is InChI=1S/C14H18O6S2/c1-6(2)14(16)21-5-10(15)19-11-8-4-9-12(11)20-22(17,18)13(9)7(8)3/h7-9,11-13H,1,4-5H2,2-3H3. The highest BCUT2D eigenvalue weighted by atomic mass is 32.2. The zero-order valence-corrected chi connectivity index (χ0v) is 14.0. The van der Waals surface area contributed by atoms with E-state index in [4.69, 9.17) is 8.92 Å². The summed E-state index contributed by atoms with van der Waals surface area (Å²) in [7, 11) is -3.55. The van der Waals surface area contributed by atoms with Gasteiger partial charge in [0.25, 0.3) is 10.1 Å². The fourth-order valence-corrected chi connectivity index (χ4v) is 6.62. The number of ether oxygens (including phenoxy) is 1. The Balaban J connectivity index is 1.64. The minimum Gasteiger partial charge on any atom is -0.459 e. The molecule has 0 N–H and O–H groups in total. The molecule has 1 aliphatic heterocycles. The van der Waals surface area contributed by atoms with Crippen LogP contribution < -0.4 is 0 Å². The average molecular weight is 346 g/mol. The summed E-state index contributed by atoms with van der Waals surface area (Å²) in [6.07, 6.45) is -0.366. The first-order valence-corrected chi connectivity index (χ1v) is 9.62. The van der Waals surface area contributed by atoms with E-state index in [0.717, 1.165) is 11.8 Å². The van der Waals surface area contributed by atoms with Gasteiger partial charge in [0.1, 0.15) is 12.2 Å². The van der Waals surface area contributed by atoms with Crippen LogP contribution in [0.15, 0.2) is 12.2 Å². The Morgan fingerprint density at radius 2 is 2.05 bits per heavy atom. The van der Waals surface area contributed by atoms with Crippen molar-refractivity contribution >= 4 is 33.0 Å². The molecule has 0 aromatic heterocycles. The second-order valence-electron chi connectivity index (χ2n) is 6.25. The summed E-state index contributed by atoms with van der Waals surface area (Å²) in [5.41, 5.74) is 0.374. The van der Waals surface area contributed by atoms with Gasteiger partial charge in [-0.15, -0.1) is 0 Å². The third kappa shape index (κ3) is 2.41. The largest absolute Gasteiger partial charge is 0.459 e. The zero-order valence-electron chi connectivity index (χ0n) is 12.4. The van der Waals surface area contributed by atoms with Gasteiger partial charge in [0.05, 0.1) is 11.0 Å². The molecule has 0 spiro atoms. The number of hydrogen-bond acceptors (Lipinski definition) is 7. The Bertz CT molecular complexity index is 640. The van der Waals surface area contributed by atoms with Gasteiger partial charge >= 0.3 is 5.97 Å². The van der Waals surface area contributed by atoms with Gasteiger partial charge in [-0.25, -0.2) is 0 Å². The smallest absolute Gasteiger partial charge is 0.316 e. The van der Waals surface area contributed by atoms with Crippen LogP contribution in [-0.4, -0.2) is 42.7 Å². The Labute approximate surface area is 133 Å². The van der Waals surface area contributed by atoms with Crippen LogP contribution in [0.4, 0.5) is 0 Å². The Morgan fingerprint density at radius 3 is 2.68 bits per heavy atom. The molecular weight excluding hydrogens is 328 g/mol. The maximum atomic E-state index is 12.0. The van der Waals surface area contributed by atoms with Gasteiger partial charge in [-0.1, -0.05) is 25.3 Å². The predicted molar refractivity (Wildman–Crippen MR) is 80.5 cm³/mol. The molecule has 22 heavy (non-hydrogen) atoms. The molecule has 0 radical (unpaired) electrons. The summed E-state index contributed by atoms with van der Waals surface area (Å²) in [5, 5.41) is -0.713. The Kier molecular flexibility index (Phi) is 3.89. The molecule has 1 heterocycles. The minimum absolute atomic E-state index is 0.0167. The van der Waals surface area contributed by atoms with Crippen molar-refractivity contribution in [3.8, 4) is 0 Å².